The van der Waals surface area contributed by atoms with Crippen molar-refractivity contribution in [2.75, 3.05) is 40.5 Å². The Morgan fingerprint density at radius 1 is 1.05 bits per heavy atom. The standard InChI is InChI=1S/C18H27NO5.C13H16ClNO/c1-5-10-23-18(21)12-14-8-9-15(16(11-14)22-4)24-13-17(20)19(6-2)7-3;1-15-13(9-5-4-8-12(13)16)10-6-2-3-7-11(10)14/h8-9,11H,5-7,10,12-13H2,1-4H3;2-3,6-7,15H,4-5,8-9H2,1H3. The van der Waals surface area contributed by atoms with E-state index in [1.54, 1.807) is 23.1 Å². The van der Waals surface area contributed by atoms with E-state index in [0.29, 0.717) is 42.6 Å². The van der Waals surface area contributed by atoms with Crippen LogP contribution in [0.4, 0.5) is 0 Å². The molecule has 1 atom stereocenters. The van der Waals surface area contributed by atoms with E-state index >= 15 is 0 Å². The van der Waals surface area contributed by atoms with Gasteiger partial charge in [-0.15, -0.1) is 0 Å². The van der Waals surface area contributed by atoms with Gasteiger partial charge in [-0.1, -0.05) is 49.2 Å². The SMILES string of the molecule is CCCOC(=O)Cc1ccc(OCC(=O)N(CC)CC)c(OC)c1.CNC1(c2ccccc2Cl)CCCCC1=O. The first kappa shape index (κ1) is 33.1. The first-order valence-corrected chi connectivity index (χ1v) is 14.3. The molecule has 0 radical (unpaired) electrons. The maximum atomic E-state index is 12.2. The van der Waals surface area contributed by atoms with Crippen molar-refractivity contribution in [1.82, 2.24) is 10.2 Å². The van der Waals surface area contributed by atoms with Crippen molar-refractivity contribution >= 4 is 29.3 Å². The van der Waals surface area contributed by atoms with Crippen LogP contribution in [0.15, 0.2) is 42.5 Å². The van der Waals surface area contributed by atoms with Crippen LogP contribution in [0.3, 0.4) is 0 Å². The summed E-state index contributed by atoms with van der Waals surface area (Å²) >= 11 is 6.20. The highest BCUT2D eigenvalue weighted by Gasteiger charge is 2.41. The van der Waals surface area contributed by atoms with Gasteiger partial charge in [0.25, 0.3) is 5.91 Å². The van der Waals surface area contributed by atoms with Gasteiger partial charge in [0.15, 0.2) is 23.9 Å². The molecule has 1 fully saturated rings. The fraction of sp³-hybridized carbons (Fsp3) is 0.516. The van der Waals surface area contributed by atoms with Gasteiger partial charge in [-0.3, -0.25) is 14.4 Å². The number of benzene rings is 2. The molecule has 3 rings (SSSR count). The number of halogens is 1. The Balaban J connectivity index is 0.000000302. The van der Waals surface area contributed by atoms with E-state index < -0.39 is 5.54 Å². The summed E-state index contributed by atoms with van der Waals surface area (Å²) in [6.07, 6.45) is 4.51. The fourth-order valence-corrected chi connectivity index (χ4v) is 5.00. The first-order chi connectivity index (χ1) is 19.3. The van der Waals surface area contributed by atoms with Crippen molar-refractivity contribution in [3.63, 3.8) is 0 Å². The Hall–Kier alpha value is -3.10. The molecule has 0 bridgehead atoms. The van der Waals surface area contributed by atoms with E-state index in [-0.39, 0.29) is 30.7 Å². The van der Waals surface area contributed by atoms with Crippen LogP contribution < -0.4 is 14.8 Å². The number of Topliss-reactive ketones (excluding diaryl/α,β-unsaturated/α-hetero) is 1. The molecule has 1 saturated carbocycles. The summed E-state index contributed by atoms with van der Waals surface area (Å²) in [4.78, 5) is 37.5. The van der Waals surface area contributed by atoms with E-state index in [9.17, 15) is 14.4 Å². The Morgan fingerprint density at radius 3 is 2.38 bits per heavy atom. The van der Waals surface area contributed by atoms with Crippen molar-refractivity contribution in [1.29, 1.82) is 0 Å². The lowest BCUT2D eigenvalue weighted by atomic mass is 9.75. The van der Waals surface area contributed by atoms with E-state index in [0.717, 1.165) is 36.8 Å². The molecule has 0 aliphatic heterocycles. The topological polar surface area (TPSA) is 94.2 Å². The van der Waals surface area contributed by atoms with E-state index in [1.165, 1.54) is 7.11 Å². The van der Waals surface area contributed by atoms with Crippen LogP contribution in [-0.2, 0) is 31.1 Å². The van der Waals surface area contributed by atoms with Gasteiger partial charge in [-0.25, -0.2) is 0 Å². The minimum absolute atomic E-state index is 0.0457. The summed E-state index contributed by atoms with van der Waals surface area (Å²) in [5, 5.41) is 3.86. The maximum absolute atomic E-state index is 12.2. The highest BCUT2D eigenvalue weighted by Crippen LogP contribution is 2.37. The number of likely N-dealkylation sites (N-methyl/N-ethyl adjacent to an activating group) is 2. The lowest BCUT2D eigenvalue weighted by Gasteiger charge is -2.36. The summed E-state index contributed by atoms with van der Waals surface area (Å²) < 4.78 is 15.9. The third kappa shape index (κ3) is 8.96. The number of esters is 1. The molecule has 1 aliphatic rings. The number of methoxy groups -OCH3 is 1. The molecule has 2 aromatic rings. The number of hydrogen-bond donors (Lipinski definition) is 1. The second-order valence-electron chi connectivity index (χ2n) is 9.50. The number of nitrogens with zero attached hydrogens (tertiary/aromatic N) is 1. The van der Waals surface area contributed by atoms with Crippen LogP contribution in [0.5, 0.6) is 11.5 Å². The number of rotatable bonds is 12. The van der Waals surface area contributed by atoms with Crippen molar-refractivity contribution in [3.8, 4) is 11.5 Å². The van der Waals surface area contributed by atoms with Crippen LogP contribution in [0.1, 0.15) is 64.0 Å². The molecular formula is C31H43ClN2O6. The van der Waals surface area contributed by atoms with Gasteiger partial charge in [-0.2, -0.15) is 0 Å². The van der Waals surface area contributed by atoms with Gasteiger partial charge in [0, 0.05) is 24.5 Å². The maximum Gasteiger partial charge on any atom is 0.310 e. The van der Waals surface area contributed by atoms with Crippen LogP contribution in [-0.4, -0.2) is 63.0 Å². The van der Waals surface area contributed by atoms with Gasteiger partial charge in [0.1, 0.15) is 5.54 Å². The molecule has 8 nitrogen and oxygen atoms in total. The average molecular weight is 575 g/mol. The van der Waals surface area contributed by atoms with Crippen LogP contribution >= 0.6 is 11.6 Å². The monoisotopic (exact) mass is 574 g/mol. The van der Waals surface area contributed by atoms with Gasteiger partial charge in [-0.05, 0) is 69.5 Å². The number of carbonyl (C=O) groups excluding carboxylic acids is 3. The highest BCUT2D eigenvalue weighted by molar-refractivity contribution is 6.31. The summed E-state index contributed by atoms with van der Waals surface area (Å²) in [6.45, 7) is 7.47. The molecule has 1 unspecified atom stereocenters. The van der Waals surface area contributed by atoms with E-state index in [4.69, 9.17) is 25.8 Å². The minimum atomic E-state index is -0.559. The predicted molar refractivity (Wildman–Crippen MR) is 157 cm³/mol. The zero-order chi connectivity index (χ0) is 29.5. The number of ether oxygens (including phenoxy) is 3. The predicted octanol–water partition coefficient (Wildman–Crippen LogP) is 5.34. The number of hydrogen-bond acceptors (Lipinski definition) is 7. The van der Waals surface area contributed by atoms with Crippen molar-refractivity contribution < 1.29 is 28.6 Å². The number of ketones is 1. The van der Waals surface area contributed by atoms with Crippen LogP contribution in [0.2, 0.25) is 5.02 Å². The Bertz CT molecular complexity index is 1120. The van der Waals surface area contributed by atoms with Crippen LogP contribution in [0.25, 0.3) is 0 Å². The van der Waals surface area contributed by atoms with Crippen molar-refractivity contribution in [2.24, 2.45) is 0 Å². The largest absolute Gasteiger partial charge is 0.493 e. The third-order valence-corrected chi connectivity index (χ3v) is 7.28. The fourth-order valence-electron chi connectivity index (χ4n) is 4.70. The van der Waals surface area contributed by atoms with Gasteiger partial charge in [0.2, 0.25) is 0 Å². The molecule has 2 aromatic carbocycles. The normalized spacial score (nSPS) is 16.4. The molecule has 40 heavy (non-hydrogen) atoms. The Morgan fingerprint density at radius 2 is 1.77 bits per heavy atom. The molecular weight excluding hydrogens is 532 g/mol. The molecule has 1 aliphatic carbocycles. The molecule has 0 heterocycles. The summed E-state index contributed by atoms with van der Waals surface area (Å²) in [5.74, 6) is 0.875. The lowest BCUT2D eigenvalue weighted by molar-refractivity contribution is -0.142. The number of amides is 1. The second-order valence-corrected chi connectivity index (χ2v) is 9.91. The zero-order valence-electron chi connectivity index (χ0n) is 24.4. The second kappa shape index (κ2) is 16.9. The molecule has 0 saturated heterocycles. The summed E-state index contributed by atoms with van der Waals surface area (Å²) in [6, 6.07) is 12.8. The smallest absolute Gasteiger partial charge is 0.310 e. The molecule has 1 amide bonds. The molecule has 9 heteroatoms. The first-order valence-electron chi connectivity index (χ1n) is 14.0. The summed E-state index contributed by atoms with van der Waals surface area (Å²) in [5.41, 5.74) is 1.13. The zero-order valence-corrected chi connectivity index (χ0v) is 25.1. The minimum Gasteiger partial charge on any atom is -0.493 e. The van der Waals surface area contributed by atoms with Gasteiger partial charge in [0.05, 0.1) is 20.1 Å². The molecule has 220 valence electrons. The number of carbonyl (C=O) groups is 3. The number of nitrogens with one attached hydrogen (secondary N) is 1. The third-order valence-electron chi connectivity index (χ3n) is 6.95. The van der Waals surface area contributed by atoms with Crippen molar-refractivity contribution in [2.45, 2.75) is 64.8 Å². The quantitative estimate of drug-likeness (QED) is 0.342. The lowest BCUT2D eigenvalue weighted by Crippen LogP contribution is -2.49. The Kier molecular flexibility index (Phi) is 14.0. The molecule has 0 spiro atoms. The van der Waals surface area contributed by atoms with Gasteiger partial charge < -0.3 is 24.4 Å². The summed E-state index contributed by atoms with van der Waals surface area (Å²) in [7, 11) is 3.36. The highest BCUT2D eigenvalue weighted by atomic mass is 35.5. The van der Waals surface area contributed by atoms with Crippen LogP contribution in [0, 0.1) is 0 Å². The van der Waals surface area contributed by atoms with E-state index in [1.807, 2.05) is 52.1 Å². The average Bonchev–Trinajstić information content (AvgIpc) is 2.97. The van der Waals surface area contributed by atoms with E-state index in [2.05, 4.69) is 5.32 Å². The van der Waals surface area contributed by atoms with Gasteiger partial charge >= 0.3 is 5.97 Å². The molecule has 1 N–H and O–H groups in total. The van der Waals surface area contributed by atoms with Crippen molar-refractivity contribution in [3.05, 3.63) is 58.6 Å². The molecule has 0 aromatic heterocycles. The Labute approximate surface area is 243 Å².